The van der Waals surface area contributed by atoms with Gasteiger partial charge in [0.15, 0.2) is 0 Å². The lowest BCUT2D eigenvalue weighted by Crippen LogP contribution is -2.12. The van der Waals surface area contributed by atoms with Crippen LogP contribution in [0.25, 0.3) is 21.9 Å². The number of aryl methyl sites for hydroxylation is 1. The number of carbonyl (C=O) groups is 1. The zero-order valence-electron chi connectivity index (χ0n) is 14.0. The van der Waals surface area contributed by atoms with Gasteiger partial charge in [0, 0.05) is 28.1 Å². The fraction of sp³-hybridized carbons (Fsp3) is 0.0952. The van der Waals surface area contributed by atoms with Crippen molar-refractivity contribution < 1.29 is 13.9 Å². The number of ether oxygens (including phenoxy) is 1. The smallest absolute Gasteiger partial charge is 0.255 e. The van der Waals surface area contributed by atoms with Crippen LogP contribution >= 0.6 is 0 Å². The van der Waals surface area contributed by atoms with Gasteiger partial charge in [-0.1, -0.05) is 18.2 Å². The fourth-order valence-corrected chi connectivity index (χ4v) is 3.03. The minimum atomic E-state index is -0.166. The van der Waals surface area contributed by atoms with Crippen molar-refractivity contribution in [1.82, 2.24) is 0 Å². The lowest BCUT2D eigenvalue weighted by Gasteiger charge is -2.08. The second kappa shape index (κ2) is 5.98. The molecule has 0 radical (unpaired) electrons. The number of benzene rings is 3. The summed E-state index contributed by atoms with van der Waals surface area (Å²) < 4.78 is 11.1. The number of anilines is 1. The Balaban J connectivity index is 1.64. The molecule has 4 rings (SSSR count). The van der Waals surface area contributed by atoms with Gasteiger partial charge in [0.05, 0.1) is 7.11 Å². The first-order valence-corrected chi connectivity index (χ1v) is 8.03. The Labute approximate surface area is 145 Å². The molecule has 25 heavy (non-hydrogen) atoms. The SMILES string of the molecule is COc1ccc(C(=O)Nc2ccc3c(c2)oc2ccccc23)cc1C. The summed E-state index contributed by atoms with van der Waals surface area (Å²) in [7, 11) is 1.62. The van der Waals surface area contributed by atoms with Crippen LogP contribution in [0.1, 0.15) is 15.9 Å². The summed E-state index contributed by atoms with van der Waals surface area (Å²) in [6.07, 6.45) is 0. The van der Waals surface area contributed by atoms with Crippen LogP contribution in [0, 0.1) is 6.92 Å². The Morgan fingerprint density at radius 2 is 1.76 bits per heavy atom. The number of furan rings is 1. The highest BCUT2D eigenvalue weighted by atomic mass is 16.5. The molecule has 4 nitrogen and oxygen atoms in total. The van der Waals surface area contributed by atoms with Crippen LogP contribution in [0.4, 0.5) is 5.69 Å². The van der Waals surface area contributed by atoms with Crippen LogP contribution in [0.5, 0.6) is 5.75 Å². The number of amides is 1. The topological polar surface area (TPSA) is 51.5 Å². The summed E-state index contributed by atoms with van der Waals surface area (Å²) in [5.41, 5.74) is 3.80. The van der Waals surface area contributed by atoms with E-state index in [2.05, 4.69) is 5.32 Å². The molecule has 0 bridgehead atoms. The van der Waals surface area contributed by atoms with Gasteiger partial charge in [-0.15, -0.1) is 0 Å². The summed E-state index contributed by atoms with van der Waals surface area (Å²) in [6, 6.07) is 19.0. The summed E-state index contributed by atoms with van der Waals surface area (Å²) in [6.45, 7) is 1.91. The number of carbonyl (C=O) groups excluding carboxylic acids is 1. The number of methoxy groups -OCH3 is 1. The van der Waals surface area contributed by atoms with E-state index in [1.807, 2.05) is 55.5 Å². The van der Waals surface area contributed by atoms with Crippen molar-refractivity contribution in [2.75, 3.05) is 12.4 Å². The molecule has 0 aliphatic rings. The minimum absolute atomic E-state index is 0.166. The number of para-hydroxylation sites is 1. The molecule has 0 saturated carbocycles. The molecule has 1 heterocycles. The maximum absolute atomic E-state index is 12.5. The number of hydrogen-bond acceptors (Lipinski definition) is 3. The van der Waals surface area contributed by atoms with Gasteiger partial charge in [-0.05, 0) is 48.9 Å². The molecule has 1 amide bonds. The predicted molar refractivity (Wildman–Crippen MR) is 99.4 cm³/mol. The molecule has 124 valence electrons. The van der Waals surface area contributed by atoms with E-state index in [1.54, 1.807) is 19.2 Å². The third kappa shape index (κ3) is 2.72. The first-order chi connectivity index (χ1) is 12.2. The van der Waals surface area contributed by atoms with E-state index in [9.17, 15) is 4.79 Å². The van der Waals surface area contributed by atoms with E-state index in [0.717, 1.165) is 33.3 Å². The van der Waals surface area contributed by atoms with E-state index in [1.165, 1.54) is 0 Å². The highest BCUT2D eigenvalue weighted by Gasteiger charge is 2.11. The van der Waals surface area contributed by atoms with Gasteiger partial charge >= 0.3 is 0 Å². The molecule has 0 atom stereocenters. The molecule has 0 fully saturated rings. The quantitative estimate of drug-likeness (QED) is 0.564. The van der Waals surface area contributed by atoms with E-state index < -0.39 is 0 Å². The maximum Gasteiger partial charge on any atom is 0.255 e. The molecule has 1 aromatic heterocycles. The van der Waals surface area contributed by atoms with Gasteiger partial charge in [0.1, 0.15) is 16.9 Å². The Bertz CT molecular complexity index is 1090. The molecule has 1 N–H and O–H groups in total. The average Bonchev–Trinajstić information content (AvgIpc) is 2.99. The average molecular weight is 331 g/mol. The molecule has 3 aromatic carbocycles. The van der Waals surface area contributed by atoms with Gasteiger partial charge in [0.2, 0.25) is 0 Å². The largest absolute Gasteiger partial charge is 0.496 e. The Morgan fingerprint density at radius 1 is 0.960 bits per heavy atom. The number of fused-ring (bicyclic) bond motifs is 3. The van der Waals surface area contributed by atoms with Gasteiger partial charge in [-0.25, -0.2) is 0 Å². The van der Waals surface area contributed by atoms with Gasteiger partial charge < -0.3 is 14.5 Å². The van der Waals surface area contributed by atoms with Crippen molar-refractivity contribution in [2.45, 2.75) is 6.92 Å². The molecule has 0 unspecified atom stereocenters. The first-order valence-electron chi connectivity index (χ1n) is 8.03. The van der Waals surface area contributed by atoms with E-state index in [0.29, 0.717) is 11.3 Å². The van der Waals surface area contributed by atoms with Crippen LogP contribution in [-0.4, -0.2) is 13.0 Å². The van der Waals surface area contributed by atoms with Crippen LogP contribution < -0.4 is 10.1 Å². The lowest BCUT2D eigenvalue weighted by atomic mass is 10.1. The van der Waals surface area contributed by atoms with E-state index >= 15 is 0 Å². The third-order valence-corrected chi connectivity index (χ3v) is 4.29. The van der Waals surface area contributed by atoms with Crippen molar-refractivity contribution in [3.63, 3.8) is 0 Å². The van der Waals surface area contributed by atoms with Gasteiger partial charge in [-0.2, -0.15) is 0 Å². The van der Waals surface area contributed by atoms with Crippen LogP contribution in [-0.2, 0) is 0 Å². The molecule has 0 spiro atoms. The summed E-state index contributed by atoms with van der Waals surface area (Å²) in [5.74, 6) is 0.599. The van der Waals surface area contributed by atoms with E-state index in [4.69, 9.17) is 9.15 Å². The summed E-state index contributed by atoms with van der Waals surface area (Å²) in [4.78, 5) is 12.5. The molecule has 4 heteroatoms. The zero-order valence-corrected chi connectivity index (χ0v) is 14.0. The van der Waals surface area contributed by atoms with Gasteiger partial charge in [0.25, 0.3) is 5.91 Å². The van der Waals surface area contributed by atoms with Gasteiger partial charge in [-0.3, -0.25) is 4.79 Å². The third-order valence-electron chi connectivity index (χ3n) is 4.29. The Morgan fingerprint density at radius 3 is 2.56 bits per heavy atom. The first kappa shape index (κ1) is 15.3. The second-order valence-electron chi connectivity index (χ2n) is 5.95. The van der Waals surface area contributed by atoms with Crippen molar-refractivity contribution in [2.24, 2.45) is 0 Å². The second-order valence-corrected chi connectivity index (χ2v) is 5.95. The minimum Gasteiger partial charge on any atom is -0.496 e. The highest BCUT2D eigenvalue weighted by molar-refractivity contribution is 6.08. The molecular formula is C21H17NO3. The van der Waals surface area contributed by atoms with Crippen LogP contribution in [0.3, 0.4) is 0 Å². The van der Waals surface area contributed by atoms with Crippen molar-refractivity contribution in [3.8, 4) is 5.75 Å². The number of hydrogen-bond donors (Lipinski definition) is 1. The van der Waals surface area contributed by atoms with Crippen molar-refractivity contribution in [1.29, 1.82) is 0 Å². The van der Waals surface area contributed by atoms with Crippen LogP contribution in [0.2, 0.25) is 0 Å². The molecule has 0 aliphatic heterocycles. The molecule has 0 aliphatic carbocycles. The Kier molecular flexibility index (Phi) is 3.65. The normalized spacial score (nSPS) is 11.0. The van der Waals surface area contributed by atoms with Crippen molar-refractivity contribution in [3.05, 3.63) is 71.8 Å². The van der Waals surface area contributed by atoms with Crippen LogP contribution in [0.15, 0.2) is 65.1 Å². The lowest BCUT2D eigenvalue weighted by molar-refractivity contribution is 0.102. The molecule has 0 saturated heterocycles. The Hall–Kier alpha value is -3.27. The predicted octanol–water partition coefficient (Wildman–Crippen LogP) is 5.16. The van der Waals surface area contributed by atoms with Crippen molar-refractivity contribution >= 4 is 33.5 Å². The highest BCUT2D eigenvalue weighted by Crippen LogP contribution is 2.30. The van der Waals surface area contributed by atoms with E-state index in [-0.39, 0.29) is 5.91 Å². The standard InChI is InChI=1S/C21H17NO3/c1-13-11-14(7-10-18(13)24-2)21(23)22-15-8-9-17-16-5-3-4-6-19(16)25-20(17)12-15/h3-12H,1-2H3,(H,22,23). The molecular weight excluding hydrogens is 314 g/mol. The summed E-state index contributed by atoms with van der Waals surface area (Å²) >= 11 is 0. The summed E-state index contributed by atoms with van der Waals surface area (Å²) in [5, 5.41) is 5.03. The maximum atomic E-state index is 12.5. The monoisotopic (exact) mass is 331 g/mol. The zero-order chi connectivity index (χ0) is 17.4. The number of nitrogens with one attached hydrogen (secondary N) is 1. The molecule has 4 aromatic rings. The number of rotatable bonds is 3. The fourth-order valence-electron chi connectivity index (χ4n) is 3.03.